The van der Waals surface area contributed by atoms with E-state index in [1.807, 2.05) is 0 Å². The van der Waals surface area contributed by atoms with Crippen LogP contribution >= 0.6 is 11.6 Å². The van der Waals surface area contributed by atoms with E-state index in [1.165, 1.54) is 19.4 Å². The highest BCUT2D eigenvalue weighted by molar-refractivity contribution is 6.31. The summed E-state index contributed by atoms with van der Waals surface area (Å²) in [5.41, 5.74) is 0.985. The van der Waals surface area contributed by atoms with Crippen molar-refractivity contribution in [2.24, 2.45) is 0 Å². The lowest BCUT2D eigenvalue weighted by atomic mass is 10.2. The minimum Gasteiger partial charge on any atom is -0.495 e. The zero-order chi connectivity index (χ0) is 18.5. The van der Waals surface area contributed by atoms with Crippen LogP contribution in [0.5, 0.6) is 5.75 Å². The van der Waals surface area contributed by atoms with Gasteiger partial charge in [0.25, 0.3) is 11.8 Å². The van der Waals surface area contributed by atoms with Crippen molar-refractivity contribution >= 4 is 29.1 Å². The number of nitrogens with one attached hydrogen (secondary N) is 1. The molecular formula is C18H18ClN3O4. The van der Waals surface area contributed by atoms with Gasteiger partial charge in [0.2, 0.25) is 0 Å². The fraction of sp³-hybridized carbons (Fsp3) is 0.278. The molecule has 26 heavy (non-hydrogen) atoms. The molecular weight excluding hydrogens is 358 g/mol. The molecule has 0 bridgehead atoms. The third-order valence-corrected chi connectivity index (χ3v) is 4.18. The van der Waals surface area contributed by atoms with Crippen molar-refractivity contribution < 1.29 is 19.1 Å². The summed E-state index contributed by atoms with van der Waals surface area (Å²) in [6.45, 7) is 2.02. The van der Waals surface area contributed by atoms with Crippen molar-refractivity contribution in [1.29, 1.82) is 0 Å². The Kier molecular flexibility index (Phi) is 5.70. The molecule has 0 atom stereocenters. The normalized spacial score (nSPS) is 14.0. The second-order valence-electron chi connectivity index (χ2n) is 5.63. The maximum absolute atomic E-state index is 12.6. The first kappa shape index (κ1) is 18.2. The Morgan fingerprint density at radius 1 is 1.23 bits per heavy atom. The van der Waals surface area contributed by atoms with Gasteiger partial charge in [-0.15, -0.1) is 0 Å². The Hall–Kier alpha value is -2.64. The Balaban J connectivity index is 1.78. The van der Waals surface area contributed by atoms with Crippen LogP contribution in [0.3, 0.4) is 0 Å². The van der Waals surface area contributed by atoms with Crippen LogP contribution in [0.25, 0.3) is 0 Å². The molecule has 2 heterocycles. The number of morpholine rings is 1. The number of amides is 2. The number of hydrogen-bond acceptors (Lipinski definition) is 5. The zero-order valence-corrected chi connectivity index (χ0v) is 15.0. The highest BCUT2D eigenvalue weighted by Crippen LogP contribution is 2.28. The summed E-state index contributed by atoms with van der Waals surface area (Å²) in [4.78, 5) is 30.8. The molecule has 136 valence electrons. The summed E-state index contributed by atoms with van der Waals surface area (Å²) in [7, 11) is 1.50. The molecule has 1 saturated heterocycles. The van der Waals surface area contributed by atoms with Crippen molar-refractivity contribution in [3.63, 3.8) is 0 Å². The Morgan fingerprint density at radius 3 is 2.73 bits per heavy atom. The number of halogens is 1. The monoisotopic (exact) mass is 375 g/mol. The number of carbonyl (C=O) groups is 2. The SMILES string of the molecule is COc1ccc(Cl)cc1NC(=O)c1ccnc(C(=O)N2CCOCC2)c1. The molecule has 1 aliphatic heterocycles. The lowest BCUT2D eigenvalue weighted by molar-refractivity contribution is 0.0299. The van der Waals surface area contributed by atoms with E-state index in [4.69, 9.17) is 21.1 Å². The number of nitrogens with zero attached hydrogens (tertiary/aromatic N) is 2. The fourth-order valence-electron chi connectivity index (χ4n) is 2.59. The second-order valence-corrected chi connectivity index (χ2v) is 6.07. The lowest BCUT2D eigenvalue weighted by Gasteiger charge is -2.26. The van der Waals surface area contributed by atoms with Gasteiger partial charge in [-0.3, -0.25) is 14.6 Å². The molecule has 1 fully saturated rings. The number of rotatable bonds is 4. The van der Waals surface area contributed by atoms with Gasteiger partial charge in [-0.05, 0) is 30.3 Å². The number of methoxy groups -OCH3 is 1. The first-order valence-corrected chi connectivity index (χ1v) is 8.44. The standard InChI is InChI=1S/C18H18ClN3O4/c1-25-16-3-2-13(19)11-14(16)21-17(23)12-4-5-20-15(10-12)18(24)22-6-8-26-9-7-22/h2-5,10-11H,6-9H2,1H3,(H,21,23). The van der Waals surface area contributed by atoms with Crippen LogP contribution in [0.2, 0.25) is 5.02 Å². The number of ether oxygens (including phenoxy) is 2. The molecule has 3 rings (SSSR count). The Labute approximate surface area is 155 Å². The van der Waals surface area contributed by atoms with Crippen LogP contribution in [0.1, 0.15) is 20.8 Å². The van der Waals surface area contributed by atoms with E-state index in [1.54, 1.807) is 29.2 Å². The quantitative estimate of drug-likeness (QED) is 0.887. The van der Waals surface area contributed by atoms with Gasteiger partial charge in [0.1, 0.15) is 11.4 Å². The second kappa shape index (κ2) is 8.16. The van der Waals surface area contributed by atoms with Crippen molar-refractivity contribution in [1.82, 2.24) is 9.88 Å². The number of anilines is 1. The predicted octanol–water partition coefficient (Wildman–Crippen LogP) is 2.47. The van der Waals surface area contributed by atoms with Crippen LogP contribution in [0, 0.1) is 0 Å². The first-order valence-electron chi connectivity index (χ1n) is 8.06. The van der Waals surface area contributed by atoms with Crippen LogP contribution in [-0.4, -0.2) is 55.1 Å². The van der Waals surface area contributed by atoms with Crippen molar-refractivity contribution in [2.45, 2.75) is 0 Å². The maximum atomic E-state index is 12.6. The lowest BCUT2D eigenvalue weighted by Crippen LogP contribution is -2.41. The number of aromatic nitrogens is 1. The molecule has 2 amide bonds. The van der Waals surface area contributed by atoms with E-state index in [2.05, 4.69) is 10.3 Å². The number of hydrogen-bond donors (Lipinski definition) is 1. The largest absolute Gasteiger partial charge is 0.495 e. The van der Waals surface area contributed by atoms with Gasteiger partial charge < -0.3 is 19.7 Å². The van der Waals surface area contributed by atoms with Crippen molar-refractivity contribution in [3.8, 4) is 5.75 Å². The van der Waals surface area contributed by atoms with E-state index in [-0.39, 0.29) is 17.5 Å². The fourth-order valence-corrected chi connectivity index (χ4v) is 2.76. The number of benzene rings is 1. The molecule has 2 aromatic rings. The van der Waals surface area contributed by atoms with E-state index < -0.39 is 0 Å². The van der Waals surface area contributed by atoms with Gasteiger partial charge in [0, 0.05) is 29.9 Å². The van der Waals surface area contributed by atoms with Gasteiger partial charge in [-0.25, -0.2) is 0 Å². The smallest absolute Gasteiger partial charge is 0.272 e. The van der Waals surface area contributed by atoms with E-state index in [0.717, 1.165) is 0 Å². The van der Waals surface area contributed by atoms with Crippen molar-refractivity contribution in [2.75, 3.05) is 38.7 Å². The maximum Gasteiger partial charge on any atom is 0.272 e. The van der Waals surface area contributed by atoms with Gasteiger partial charge in [-0.2, -0.15) is 0 Å². The average Bonchev–Trinajstić information content (AvgIpc) is 2.68. The van der Waals surface area contributed by atoms with Gasteiger partial charge in [0.05, 0.1) is 26.0 Å². The molecule has 1 aromatic heterocycles. The molecule has 0 unspecified atom stereocenters. The minimum atomic E-state index is -0.385. The van der Waals surface area contributed by atoms with Crippen LogP contribution in [-0.2, 0) is 4.74 Å². The van der Waals surface area contributed by atoms with Crippen LogP contribution in [0.15, 0.2) is 36.5 Å². The molecule has 1 aliphatic rings. The van der Waals surface area contributed by atoms with Crippen LogP contribution in [0.4, 0.5) is 5.69 Å². The molecule has 1 aromatic carbocycles. The van der Waals surface area contributed by atoms with E-state index in [0.29, 0.717) is 48.3 Å². The molecule has 7 nitrogen and oxygen atoms in total. The molecule has 0 aliphatic carbocycles. The van der Waals surface area contributed by atoms with Gasteiger partial charge in [0.15, 0.2) is 0 Å². The topological polar surface area (TPSA) is 80.8 Å². The highest BCUT2D eigenvalue weighted by Gasteiger charge is 2.21. The summed E-state index contributed by atoms with van der Waals surface area (Å²) < 4.78 is 10.5. The predicted molar refractivity (Wildman–Crippen MR) is 96.9 cm³/mol. The van der Waals surface area contributed by atoms with E-state index in [9.17, 15) is 9.59 Å². The highest BCUT2D eigenvalue weighted by atomic mass is 35.5. The van der Waals surface area contributed by atoms with E-state index >= 15 is 0 Å². The summed E-state index contributed by atoms with van der Waals surface area (Å²) in [5.74, 6) is -0.117. The summed E-state index contributed by atoms with van der Waals surface area (Å²) in [6, 6.07) is 7.95. The molecule has 0 radical (unpaired) electrons. The van der Waals surface area contributed by atoms with Crippen molar-refractivity contribution in [3.05, 3.63) is 52.8 Å². The molecule has 0 spiro atoms. The third kappa shape index (κ3) is 4.12. The summed E-state index contributed by atoms with van der Waals surface area (Å²) >= 11 is 5.98. The Morgan fingerprint density at radius 2 is 2.00 bits per heavy atom. The molecule has 1 N–H and O–H groups in total. The summed E-state index contributed by atoms with van der Waals surface area (Å²) in [6.07, 6.45) is 1.44. The third-order valence-electron chi connectivity index (χ3n) is 3.95. The first-order chi connectivity index (χ1) is 12.6. The zero-order valence-electron chi connectivity index (χ0n) is 14.2. The number of carbonyl (C=O) groups excluding carboxylic acids is 2. The summed E-state index contributed by atoms with van der Waals surface area (Å²) in [5, 5.41) is 3.21. The number of pyridine rings is 1. The minimum absolute atomic E-state index is 0.219. The molecule has 8 heteroatoms. The van der Waals surface area contributed by atoms with Crippen LogP contribution < -0.4 is 10.1 Å². The van der Waals surface area contributed by atoms with Gasteiger partial charge >= 0.3 is 0 Å². The Bertz CT molecular complexity index is 822. The molecule has 0 saturated carbocycles. The average molecular weight is 376 g/mol. The van der Waals surface area contributed by atoms with Gasteiger partial charge in [-0.1, -0.05) is 11.6 Å².